The summed E-state index contributed by atoms with van der Waals surface area (Å²) in [6, 6.07) is 10.6. The molecule has 34 heavy (non-hydrogen) atoms. The van der Waals surface area contributed by atoms with Crippen molar-refractivity contribution in [3.63, 3.8) is 0 Å². The van der Waals surface area contributed by atoms with Crippen LogP contribution in [0.15, 0.2) is 47.4 Å². The monoisotopic (exact) mass is 491 g/mol. The van der Waals surface area contributed by atoms with Crippen LogP contribution in [0.3, 0.4) is 0 Å². The van der Waals surface area contributed by atoms with E-state index >= 15 is 0 Å². The highest BCUT2D eigenvalue weighted by Gasteiger charge is 2.24. The molecule has 12 heteroatoms. The van der Waals surface area contributed by atoms with Crippen LogP contribution in [0.1, 0.15) is 21.5 Å². The number of benzene rings is 2. The predicted molar refractivity (Wildman–Crippen MR) is 121 cm³/mol. The molecule has 1 amide bonds. The summed E-state index contributed by atoms with van der Waals surface area (Å²) in [6.45, 7) is 3.42. The molecule has 0 aromatic heterocycles. The van der Waals surface area contributed by atoms with Crippen LogP contribution in [0.2, 0.25) is 0 Å². The van der Waals surface area contributed by atoms with Gasteiger partial charge >= 0.3 is 5.97 Å². The van der Waals surface area contributed by atoms with Gasteiger partial charge in [-0.15, -0.1) is 0 Å². The van der Waals surface area contributed by atoms with Gasteiger partial charge in [0.25, 0.3) is 11.6 Å². The van der Waals surface area contributed by atoms with Crippen molar-refractivity contribution < 1.29 is 32.4 Å². The molecule has 1 N–H and O–H groups in total. The zero-order valence-corrected chi connectivity index (χ0v) is 19.4. The first-order chi connectivity index (χ1) is 16.1. The van der Waals surface area contributed by atoms with Gasteiger partial charge in [0.05, 0.1) is 23.7 Å². The van der Waals surface area contributed by atoms with E-state index in [1.807, 2.05) is 24.3 Å². The molecule has 1 fully saturated rings. The first-order valence-corrected chi connectivity index (χ1v) is 12.3. The van der Waals surface area contributed by atoms with Gasteiger partial charge in [-0.1, -0.05) is 24.3 Å². The lowest BCUT2D eigenvalue weighted by molar-refractivity contribution is -0.387. The normalized spacial score (nSPS) is 14.4. The minimum absolute atomic E-state index is 0.234. The molecule has 3 rings (SSSR count). The van der Waals surface area contributed by atoms with Crippen LogP contribution >= 0.6 is 0 Å². The second kappa shape index (κ2) is 11.2. The lowest BCUT2D eigenvalue weighted by atomic mass is 10.1. The van der Waals surface area contributed by atoms with Crippen LogP contribution in [0.5, 0.6) is 0 Å². The molecule has 2 aromatic rings. The van der Waals surface area contributed by atoms with Gasteiger partial charge in [0.1, 0.15) is 4.90 Å². The number of amides is 1. The van der Waals surface area contributed by atoms with Gasteiger partial charge in [0.2, 0.25) is 0 Å². The van der Waals surface area contributed by atoms with E-state index in [1.54, 1.807) is 0 Å². The summed E-state index contributed by atoms with van der Waals surface area (Å²) in [5.74, 6) is -1.53. The first kappa shape index (κ1) is 25.3. The molecule has 0 aliphatic carbocycles. The lowest BCUT2D eigenvalue weighted by Crippen LogP contribution is -2.36. The number of carbonyl (C=O) groups excluding carboxylic acids is 2. The zero-order valence-electron chi connectivity index (χ0n) is 18.6. The second-order valence-electron chi connectivity index (χ2n) is 7.72. The maximum atomic E-state index is 12.2. The van der Waals surface area contributed by atoms with Gasteiger partial charge < -0.3 is 14.8 Å². The predicted octanol–water partition coefficient (Wildman–Crippen LogP) is 1.30. The van der Waals surface area contributed by atoms with Gasteiger partial charge in [-0.25, -0.2) is 13.2 Å². The smallest absolute Gasteiger partial charge is 0.338 e. The number of hydrogen-bond acceptors (Lipinski definition) is 9. The van der Waals surface area contributed by atoms with Crippen molar-refractivity contribution >= 4 is 27.4 Å². The van der Waals surface area contributed by atoms with E-state index in [2.05, 4.69) is 10.2 Å². The van der Waals surface area contributed by atoms with Crippen molar-refractivity contribution in [2.24, 2.45) is 0 Å². The first-order valence-electron chi connectivity index (χ1n) is 10.4. The number of rotatable bonds is 9. The molecule has 1 aliphatic rings. The number of nitro benzene ring substituents is 1. The van der Waals surface area contributed by atoms with Crippen molar-refractivity contribution in [3.05, 3.63) is 69.3 Å². The van der Waals surface area contributed by atoms with Crippen molar-refractivity contribution in [3.8, 4) is 0 Å². The Morgan fingerprint density at radius 2 is 1.82 bits per heavy atom. The lowest BCUT2D eigenvalue weighted by Gasteiger charge is -2.27. The van der Waals surface area contributed by atoms with Crippen LogP contribution in [-0.2, 0) is 37.2 Å². The largest absolute Gasteiger partial charge is 0.452 e. The molecule has 1 heterocycles. The quantitative estimate of drug-likeness (QED) is 0.312. The van der Waals surface area contributed by atoms with Crippen molar-refractivity contribution in [2.75, 3.05) is 39.2 Å². The zero-order chi connectivity index (χ0) is 24.7. The Balaban J connectivity index is 1.56. The highest BCUT2D eigenvalue weighted by atomic mass is 32.2. The molecule has 0 saturated carbocycles. The van der Waals surface area contributed by atoms with E-state index in [1.165, 1.54) is 0 Å². The summed E-state index contributed by atoms with van der Waals surface area (Å²) < 4.78 is 33.7. The van der Waals surface area contributed by atoms with Gasteiger partial charge in [-0.3, -0.25) is 19.8 Å². The number of nitrogens with zero attached hydrogens (tertiary/aromatic N) is 2. The molecular weight excluding hydrogens is 466 g/mol. The molecule has 0 atom stereocenters. The molecule has 11 nitrogen and oxygen atoms in total. The highest BCUT2D eigenvalue weighted by Crippen LogP contribution is 2.25. The van der Waals surface area contributed by atoms with E-state index < -0.39 is 43.8 Å². The van der Waals surface area contributed by atoms with E-state index in [0.717, 1.165) is 55.2 Å². The van der Waals surface area contributed by atoms with Gasteiger partial charge in [-0.2, -0.15) is 0 Å². The van der Waals surface area contributed by atoms with Crippen LogP contribution in [-0.4, -0.2) is 69.3 Å². The fourth-order valence-electron chi connectivity index (χ4n) is 3.44. The standard InChI is InChI=1S/C22H25N3O8S/c1-34(30,31)20-7-6-16(12-19(20)25(28)29)22(27)33-15-21(26)23-13-17-4-2-3-5-18(17)14-24-8-10-32-11-9-24/h2-7,12H,8-11,13-15H2,1H3,(H,23,26). The minimum Gasteiger partial charge on any atom is -0.452 e. The van der Waals surface area contributed by atoms with Gasteiger partial charge in [0.15, 0.2) is 16.4 Å². The number of sulfone groups is 1. The Morgan fingerprint density at radius 1 is 1.15 bits per heavy atom. The number of nitro groups is 1. The molecule has 0 bridgehead atoms. The van der Waals surface area contributed by atoms with E-state index in [9.17, 15) is 28.1 Å². The van der Waals surface area contributed by atoms with Crippen molar-refractivity contribution in [1.29, 1.82) is 0 Å². The SMILES string of the molecule is CS(=O)(=O)c1ccc(C(=O)OCC(=O)NCc2ccccc2CN2CCOCC2)cc1[N+](=O)[O-]. The Labute approximate surface area is 196 Å². The van der Waals surface area contributed by atoms with E-state index in [0.29, 0.717) is 13.2 Å². The Morgan fingerprint density at radius 3 is 2.47 bits per heavy atom. The summed E-state index contributed by atoms with van der Waals surface area (Å²) in [5, 5.41) is 13.9. The third-order valence-electron chi connectivity index (χ3n) is 5.22. The summed E-state index contributed by atoms with van der Waals surface area (Å²) in [5.41, 5.74) is 1.03. The number of hydrogen-bond donors (Lipinski definition) is 1. The van der Waals surface area contributed by atoms with Gasteiger partial charge in [-0.05, 0) is 23.3 Å². The summed E-state index contributed by atoms with van der Waals surface area (Å²) in [6.07, 6.45) is 0.830. The third kappa shape index (κ3) is 6.83. The van der Waals surface area contributed by atoms with Crippen LogP contribution in [0.4, 0.5) is 5.69 Å². The summed E-state index contributed by atoms with van der Waals surface area (Å²) in [4.78, 5) is 36.5. The third-order valence-corrected chi connectivity index (χ3v) is 6.36. The number of ether oxygens (including phenoxy) is 2. The minimum atomic E-state index is -3.86. The van der Waals surface area contributed by atoms with Gasteiger partial charge in [0, 0.05) is 38.5 Å². The highest BCUT2D eigenvalue weighted by molar-refractivity contribution is 7.90. The van der Waals surface area contributed by atoms with E-state index in [-0.39, 0.29) is 12.1 Å². The second-order valence-corrected chi connectivity index (χ2v) is 9.71. The number of morpholine rings is 1. The van der Waals surface area contributed by atoms with E-state index in [4.69, 9.17) is 9.47 Å². The average molecular weight is 492 g/mol. The summed E-state index contributed by atoms with van der Waals surface area (Å²) in [7, 11) is -3.86. The molecule has 182 valence electrons. The molecule has 0 radical (unpaired) electrons. The maximum Gasteiger partial charge on any atom is 0.338 e. The molecular formula is C22H25N3O8S. The van der Waals surface area contributed by atoms with Crippen LogP contribution in [0.25, 0.3) is 0 Å². The Kier molecular flexibility index (Phi) is 8.31. The number of nitrogens with one attached hydrogen (secondary N) is 1. The van der Waals surface area contributed by atoms with Crippen molar-refractivity contribution in [2.45, 2.75) is 18.0 Å². The maximum absolute atomic E-state index is 12.2. The number of carbonyl (C=O) groups is 2. The van der Waals surface area contributed by atoms with Crippen LogP contribution < -0.4 is 5.32 Å². The molecule has 1 saturated heterocycles. The molecule has 1 aliphatic heterocycles. The Bertz CT molecular complexity index is 1180. The summed E-state index contributed by atoms with van der Waals surface area (Å²) >= 11 is 0. The fraction of sp³-hybridized carbons (Fsp3) is 0.364. The molecule has 0 spiro atoms. The fourth-order valence-corrected chi connectivity index (χ4v) is 4.27. The number of esters is 1. The molecule has 2 aromatic carbocycles. The van der Waals surface area contributed by atoms with Crippen molar-refractivity contribution in [1.82, 2.24) is 10.2 Å². The average Bonchev–Trinajstić information content (AvgIpc) is 2.81. The molecule has 0 unspecified atom stereocenters. The van der Waals surface area contributed by atoms with Crippen LogP contribution in [0, 0.1) is 10.1 Å². The topological polar surface area (TPSA) is 145 Å². The Hall–Kier alpha value is -3.35.